The molecule has 15 heavy (non-hydrogen) atoms. The van der Waals surface area contributed by atoms with E-state index in [-0.39, 0.29) is 12.4 Å². The summed E-state index contributed by atoms with van der Waals surface area (Å²) in [7, 11) is 0. The Morgan fingerprint density at radius 2 is 1.53 bits per heavy atom. The highest BCUT2D eigenvalue weighted by Gasteiger charge is 2.08. The van der Waals surface area contributed by atoms with Crippen LogP contribution >= 0.6 is 12.4 Å². The molecule has 1 unspecified atom stereocenters. The Morgan fingerprint density at radius 1 is 1.07 bits per heavy atom. The van der Waals surface area contributed by atoms with E-state index in [0.717, 1.165) is 0 Å². The van der Waals surface area contributed by atoms with E-state index in [1.165, 1.54) is 38.8 Å². The van der Waals surface area contributed by atoms with E-state index in [0.29, 0.717) is 6.04 Å². The second-order valence-electron chi connectivity index (χ2n) is 4.01. The highest BCUT2D eigenvalue weighted by Crippen LogP contribution is 2.05. The lowest BCUT2D eigenvalue weighted by molar-refractivity contribution is 0.234. The fourth-order valence-corrected chi connectivity index (χ4v) is 1.64. The quantitative estimate of drug-likeness (QED) is 0.566. The van der Waals surface area contributed by atoms with Crippen LogP contribution in [0.15, 0.2) is 12.2 Å². The van der Waals surface area contributed by atoms with Gasteiger partial charge in [0, 0.05) is 6.04 Å². The van der Waals surface area contributed by atoms with E-state index in [9.17, 15) is 0 Å². The summed E-state index contributed by atoms with van der Waals surface area (Å²) in [4.78, 5) is 2.59. The molecule has 0 spiro atoms. The van der Waals surface area contributed by atoms with Gasteiger partial charge in [-0.15, -0.1) is 12.4 Å². The summed E-state index contributed by atoms with van der Waals surface area (Å²) in [5, 5.41) is 0. The number of hydrogen-bond donors (Lipinski definition) is 0. The maximum absolute atomic E-state index is 2.59. The molecule has 0 N–H and O–H groups in total. The third-order valence-corrected chi connectivity index (χ3v) is 2.64. The van der Waals surface area contributed by atoms with Crippen LogP contribution in [0.2, 0.25) is 0 Å². The molecule has 0 aromatic rings. The van der Waals surface area contributed by atoms with Gasteiger partial charge in [-0.2, -0.15) is 0 Å². The van der Waals surface area contributed by atoms with E-state index >= 15 is 0 Å². The monoisotopic (exact) mass is 233 g/mol. The summed E-state index contributed by atoms with van der Waals surface area (Å²) < 4.78 is 0. The molecule has 0 saturated heterocycles. The van der Waals surface area contributed by atoms with Crippen molar-refractivity contribution in [2.24, 2.45) is 0 Å². The van der Waals surface area contributed by atoms with Crippen LogP contribution in [0.25, 0.3) is 0 Å². The second kappa shape index (κ2) is 12.1. The van der Waals surface area contributed by atoms with Gasteiger partial charge < -0.3 is 0 Å². The topological polar surface area (TPSA) is 3.24 Å². The first-order chi connectivity index (χ1) is 6.76. The second-order valence-corrected chi connectivity index (χ2v) is 4.01. The molecule has 0 aliphatic rings. The summed E-state index contributed by atoms with van der Waals surface area (Å²) in [5.41, 5.74) is 0. The Morgan fingerprint density at radius 3 is 1.87 bits per heavy atom. The third kappa shape index (κ3) is 8.95. The van der Waals surface area contributed by atoms with Crippen LogP contribution < -0.4 is 0 Å². The third-order valence-electron chi connectivity index (χ3n) is 2.64. The van der Waals surface area contributed by atoms with E-state index in [2.05, 4.69) is 44.7 Å². The van der Waals surface area contributed by atoms with Gasteiger partial charge in [0.15, 0.2) is 0 Å². The molecular weight excluding hydrogens is 206 g/mol. The fourth-order valence-electron chi connectivity index (χ4n) is 1.64. The zero-order valence-corrected chi connectivity index (χ0v) is 11.6. The van der Waals surface area contributed by atoms with Crippen molar-refractivity contribution in [3.63, 3.8) is 0 Å². The molecule has 0 heterocycles. The van der Waals surface area contributed by atoms with Crippen molar-refractivity contribution in [2.75, 3.05) is 13.1 Å². The number of unbranched alkanes of at least 4 members (excludes halogenated alkanes) is 2. The molecule has 92 valence electrons. The molecule has 1 nitrogen and oxygen atoms in total. The minimum atomic E-state index is 0. The summed E-state index contributed by atoms with van der Waals surface area (Å²) in [6, 6.07) is 0.609. The Kier molecular flexibility index (Phi) is 14.0. The van der Waals surface area contributed by atoms with Crippen molar-refractivity contribution in [1.29, 1.82) is 0 Å². The van der Waals surface area contributed by atoms with Gasteiger partial charge in [-0.05, 0) is 39.8 Å². The Bertz CT molecular complexity index is 137. The van der Waals surface area contributed by atoms with Crippen molar-refractivity contribution in [2.45, 2.75) is 59.4 Å². The maximum atomic E-state index is 2.59. The molecule has 0 aliphatic carbocycles. The summed E-state index contributed by atoms with van der Waals surface area (Å²) in [6.07, 6.45) is 9.70. The SMILES string of the molecule is C/C=C/C(C)N(CCCC)CCCC.Cl. The van der Waals surface area contributed by atoms with Crippen LogP contribution in [0, 0.1) is 0 Å². The van der Waals surface area contributed by atoms with Crippen molar-refractivity contribution in [3.8, 4) is 0 Å². The molecular formula is C13H28ClN. The summed E-state index contributed by atoms with van der Waals surface area (Å²) in [6.45, 7) is 11.4. The minimum absolute atomic E-state index is 0. The molecule has 0 aromatic heterocycles. The summed E-state index contributed by atoms with van der Waals surface area (Å²) >= 11 is 0. The van der Waals surface area contributed by atoms with Crippen LogP contribution in [0.1, 0.15) is 53.4 Å². The number of hydrogen-bond acceptors (Lipinski definition) is 1. The molecule has 0 fully saturated rings. The zero-order valence-electron chi connectivity index (χ0n) is 10.8. The van der Waals surface area contributed by atoms with Gasteiger partial charge in [0.2, 0.25) is 0 Å². The molecule has 0 amide bonds. The largest absolute Gasteiger partial charge is 0.297 e. The van der Waals surface area contributed by atoms with E-state index in [1.54, 1.807) is 0 Å². The van der Waals surface area contributed by atoms with Gasteiger partial charge in [0.05, 0.1) is 0 Å². The standard InChI is InChI=1S/C13H27N.ClH/c1-5-8-11-14(12-9-6-2)13(4)10-7-3;/h7,10,13H,5-6,8-9,11-12H2,1-4H3;1H/b10-7+;. The van der Waals surface area contributed by atoms with Crippen LogP contribution in [0.3, 0.4) is 0 Å². The van der Waals surface area contributed by atoms with Crippen LogP contribution in [-0.2, 0) is 0 Å². The molecule has 0 rings (SSSR count). The highest BCUT2D eigenvalue weighted by atomic mass is 35.5. The highest BCUT2D eigenvalue weighted by molar-refractivity contribution is 5.85. The average Bonchev–Trinajstić information content (AvgIpc) is 2.18. The zero-order chi connectivity index (χ0) is 10.8. The molecule has 1 atom stereocenters. The average molecular weight is 234 g/mol. The van der Waals surface area contributed by atoms with E-state index in [1.807, 2.05) is 0 Å². The van der Waals surface area contributed by atoms with Gasteiger partial charge in [0.1, 0.15) is 0 Å². The first kappa shape index (κ1) is 17.4. The Hall–Kier alpha value is -0.0100. The fraction of sp³-hybridized carbons (Fsp3) is 0.846. The van der Waals surface area contributed by atoms with E-state index < -0.39 is 0 Å². The Balaban J connectivity index is 0. The Labute approximate surface area is 102 Å². The number of halogens is 1. The van der Waals surface area contributed by atoms with Gasteiger partial charge in [-0.1, -0.05) is 38.8 Å². The van der Waals surface area contributed by atoms with E-state index in [4.69, 9.17) is 0 Å². The number of allylic oxidation sites excluding steroid dienone is 1. The molecule has 0 radical (unpaired) electrons. The lowest BCUT2D eigenvalue weighted by atomic mass is 10.2. The number of rotatable bonds is 8. The normalized spacial score (nSPS) is 13.1. The molecule has 0 saturated carbocycles. The minimum Gasteiger partial charge on any atom is -0.297 e. The van der Waals surface area contributed by atoms with Gasteiger partial charge >= 0.3 is 0 Å². The number of nitrogens with zero attached hydrogens (tertiary/aromatic N) is 1. The lowest BCUT2D eigenvalue weighted by Gasteiger charge is -2.26. The van der Waals surface area contributed by atoms with Crippen molar-refractivity contribution >= 4 is 12.4 Å². The van der Waals surface area contributed by atoms with Crippen LogP contribution in [0.4, 0.5) is 0 Å². The first-order valence-corrected chi connectivity index (χ1v) is 6.13. The molecule has 0 aliphatic heterocycles. The predicted octanol–water partition coefficient (Wildman–Crippen LogP) is 4.28. The van der Waals surface area contributed by atoms with Gasteiger partial charge in [-0.3, -0.25) is 4.90 Å². The molecule has 2 heteroatoms. The van der Waals surface area contributed by atoms with Gasteiger partial charge in [0.25, 0.3) is 0 Å². The van der Waals surface area contributed by atoms with Crippen LogP contribution in [0.5, 0.6) is 0 Å². The first-order valence-electron chi connectivity index (χ1n) is 6.13. The summed E-state index contributed by atoms with van der Waals surface area (Å²) in [5.74, 6) is 0. The van der Waals surface area contributed by atoms with Crippen molar-refractivity contribution in [1.82, 2.24) is 4.90 Å². The van der Waals surface area contributed by atoms with Gasteiger partial charge in [-0.25, -0.2) is 0 Å². The molecule has 0 aromatic carbocycles. The molecule has 0 bridgehead atoms. The lowest BCUT2D eigenvalue weighted by Crippen LogP contribution is -2.33. The maximum Gasteiger partial charge on any atom is 0.0249 e. The van der Waals surface area contributed by atoms with Crippen molar-refractivity contribution < 1.29 is 0 Å². The van der Waals surface area contributed by atoms with Crippen LogP contribution in [-0.4, -0.2) is 24.0 Å². The predicted molar refractivity (Wildman–Crippen MR) is 72.9 cm³/mol. The van der Waals surface area contributed by atoms with Crippen molar-refractivity contribution in [3.05, 3.63) is 12.2 Å². The smallest absolute Gasteiger partial charge is 0.0249 e.